The Morgan fingerprint density at radius 2 is 1.88 bits per heavy atom. The second kappa shape index (κ2) is 6.40. The van der Waals surface area contributed by atoms with Crippen molar-refractivity contribution >= 4 is 23.6 Å². The van der Waals surface area contributed by atoms with Crippen LogP contribution in [0.15, 0.2) is 28.7 Å². The van der Waals surface area contributed by atoms with E-state index in [4.69, 9.17) is 13.7 Å². The number of nitrogens with zero attached hydrogens (tertiary/aromatic N) is 1. The minimum Gasteiger partial charge on any atom is -0.461 e. The van der Waals surface area contributed by atoms with E-state index in [1.165, 1.54) is 19.4 Å². The molecule has 2 saturated heterocycles. The summed E-state index contributed by atoms with van der Waals surface area (Å²) >= 11 is 0. The Labute approximate surface area is 157 Å². The Morgan fingerprint density at radius 3 is 2.54 bits per heavy atom. The molecule has 1 atom stereocenters. The largest absolute Gasteiger partial charge is 0.495 e. The second-order valence-electron chi connectivity index (χ2n) is 8.84. The number of rotatable bonds is 4. The van der Waals surface area contributed by atoms with E-state index in [2.05, 4.69) is 51.7 Å². The molecule has 4 nitrogen and oxygen atoms in total. The minimum absolute atomic E-state index is 0.335. The van der Waals surface area contributed by atoms with E-state index in [9.17, 15) is 0 Å². The van der Waals surface area contributed by atoms with Crippen LogP contribution in [-0.2, 0) is 15.7 Å². The van der Waals surface area contributed by atoms with E-state index in [-0.39, 0.29) is 18.3 Å². The van der Waals surface area contributed by atoms with Crippen LogP contribution in [0.5, 0.6) is 0 Å². The number of hydrogen-bond donors (Lipinski definition) is 0. The van der Waals surface area contributed by atoms with Crippen LogP contribution in [0.3, 0.4) is 0 Å². The highest BCUT2D eigenvalue weighted by molar-refractivity contribution is 6.65. The lowest BCUT2D eigenvalue weighted by Gasteiger charge is -2.32. The molecule has 0 bridgehead atoms. The predicted molar refractivity (Wildman–Crippen MR) is 106 cm³/mol. The van der Waals surface area contributed by atoms with E-state index in [0.717, 1.165) is 35.2 Å². The van der Waals surface area contributed by atoms with Gasteiger partial charge in [0.15, 0.2) is 0 Å². The van der Waals surface area contributed by atoms with Gasteiger partial charge in [0.1, 0.15) is 11.3 Å². The molecule has 26 heavy (non-hydrogen) atoms. The van der Waals surface area contributed by atoms with Crippen LogP contribution in [0.4, 0.5) is 0 Å². The van der Waals surface area contributed by atoms with Gasteiger partial charge in [-0.25, -0.2) is 0 Å². The van der Waals surface area contributed by atoms with Crippen LogP contribution >= 0.6 is 0 Å². The summed E-state index contributed by atoms with van der Waals surface area (Å²) in [6.45, 7) is 12.9. The maximum absolute atomic E-state index is 6.25. The first kappa shape index (κ1) is 18.1. The van der Waals surface area contributed by atoms with E-state index < -0.39 is 0 Å². The fourth-order valence-corrected chi connectivity index (χ4v) is 4.01. The van der Waals surface area contributed by atoms with Crippen LogP contribution in [-0.4, -0.2) is 42.4 Å². The standard InChI is InChI=1S/C21H30BNO3/c1-15-8-7-12-23(15)13-11-16-14-17-18(9-6-10-19(17)24-16)22-25-20(2,3)21(4,5)26-22/h6,9-10,14-15H,7-8,11-13H2,1-5H3/t15-/m1/s1. The Bertz CT molecular complexity index is 782. The van der Waals surface area contributed by atoms with Crippen LogP contribution in [0.2, 0.25) is 0 Å². The lowest BCUT2D eigenvalue weighted by molar-refractivity contribution is 0.00578. The first-order chi connectivity index (χ1) is 12.3. The summed E-state index contributed by atoms with van der Waals surface area (Å²) in [5.74, 6) is 1.04. The van der Waals surface area contributed by atoms with E-state index in [0.29, 0.717) is 6.04 Å². The van der Waals surface area contributed by atoms with Crippen molar-refractivity contribution in [2.45, 2.75) is 71.1 Å². The van der Waals surface area contributed by atoms with E-state index in [1.807, 2.05) is 12.1 Å². The number of hydrogen-bond acceptors (Lipinski definition) is 4. The van der Waals surface area contributed by atoms with Gasteiger partial charge in [-0.05, 0) is 71.6 Å². The first-order valence-corrected chi connectivity index (χ1v) is 9.88. The molecule has 0 aliphatic carbocycles. The molecule has 140 valence electrons. The molecule has 0 spiro atoms. The van der Waals surface area contributed by atoms with Gasteiger partial charge < -0.3 is 18.6 Å². The Hall–Kier alpha value is -1.30. The van der Waals surface area contributed by atoms with Gasteiger partial charge in [0.2, 0.25) is 0 Å². The average molecular weight is 355 g/mol. The molecule has 0 unspecified atom stereocenters. The SMILES string of the molecule is C[C@@H]1CCCN1CCc1cc2c(B3OC(C)(C)C(C)(C)O3)cccc2o1. The van der Waals surface area contributed by atoms with Gasteiger partial charge in [-0.3, -0.25) is 0 Å². The molecule has 3 heterocycles. The fraction of sp³-hybridized carbons (Fsp3) is 0.619. The topological polar surface area (TPSA) is 34.8 Å². The van der Waals surface area contributed by atoms with Gasteiger partial charge in [0.05, 0.1) is 11.2 Å². The molecule has 1 aromatic carbocycles. The zero-order valence-electron chi connectivity index (χ0n) is 16.7. The molecule has 2 aliphatic rings. The van der Waals surface area contributed by atoms with E-state index >= 15 is 0 Å². The minimum atomic E-state index is -0.354. The van der Waals surface area contributed by atoms with Crippen molar-refractivity contribution in [3.8, 4) is 0 Å². The van der Waals surface area contributed by atoms with Crippen molar-refractivity contribution in [3.05, 3.63) is 30.0 Å². The van der Waals surface area contributed by atoms with Gasteiger partial charge in [0.25, 0.3) is 0 Å². The molecule has 2 fully saturated rings. The van der Waals surface area contributed by atoms with Crippen molar-refractivity contribution in [2.24, 2.45) is 0 Å². The lowest BCUT2D eigenvalue weighted by atomic mass is 9.77. The molecular formula is C21H30BNO3. The average Bonchev–Trinajstić information content (AvgIpc) is 3.21. The number of likely N-dealkylation sites (tertiary alicyclic amines) is 1. The predicted octanol–water partition coefficient (Wildman–Crippen LogP) is 3.76. The van der Waals surface area contributed by atoms with E-state index in [1.54, 1.807) is 0 Å². The summed E-state index contributed by atoms with van der Waals surface area (Å²) in [5.41, 5.74) is 1.31. The zero-order chi connectivity index (χ0) is 18.5. The zero-order valence-corrected chi connectivity index (χ0v) is 16.7. The molecule has 0 radical (unpaired) electrons. The van der Waals surface area contributed by atoms with Crippen molar-refractivity contribution in [1.82, 2.24) is 4.90 Å². The van der Waals surface area contributed by atoms with Crippen molar-refractivity contribution < 1.29 is 13.7 Å². The molecule has 4 rings (SSSR count). The molecule has 5 heteroatoms. The molecule has 0 amide bonds. The van der Waals surface area contributed by atoms with Crippen LogP contribution in [0, 0.1) is 0 Å². The third-order valence-corrected chi connectivity index (χ3v) is 6.49. The van der Waals surface area contributed by atoms with Crippen molar-refractivity contribution in [3.63, 3.8) is 0 Å². The van der Waals surface area contributed by atoms with Crippen LogP contribution < -0.4 is 5.46 Å². The molecule has 0 saturated carbocycles. The third-order valence-electron chi connectivity index (χ3n) is 6.49. The summed E-state index contributed by atoms with van der Waals surface area (Å²) in [6, 6.07) is 9.02. The highest BCUT2D eigenvalue weighted by atomic mass is 16.7. The Balaban J connectivity index is 1.56. The normalized spacial score (nSPS) is 25.4. The maximum Gasteiger partial charge on any atom is 0.495 e. The Morgan fingerprint density at radius 1 is 1.15 bits per heavy atom. The second-order valence-corrected chi connectivity index (χ2v) is 8.84. The summed E-state index contributed by atoms with van der Waals surface area (Å²) in [7, 11) is -0.354. The highest BCUT2D eigenvalue weighted by Crippen LogP contribution is 2.37. The van der Waals surface area contributed by atoms with Crippen molar-refractivity contribution in [1.29, 1.82) is 0 Å². The number of furan rings is 1. The monoisotopic (exact) mass is 355 g/mol. The summed E-state index contributed by atoms with van der Waals surface area (Å²) in [5, 5.41) is 1.11. The number of fused-ring (bicyclic) bond motifs is 1. The first-order valence-electron chi connectivity index (χ1n) is 9.88. The quantitative estimate of drug-likeness (QED) is 0.783. The number of benzene rings is 1. The van der Waals surface area contributed by atoms with Gasteiger partial charge in [-0.1, -0.05) is 12.1 Å². The fourth-order valence-electron chi connectivity index (χ4n) is 4.01. The van der Waals surface area contributed by atoms with Crippen molar-refractivity contribution in [2.75, 3.05) is 13.1 Å². The summed E-state index contributed by atoms with van der Waals surface area (Å²) in [4.78, 5) is 2.56. The van der Waals surface area contributed by atoms with Gasteiger partial charge in [-0.15, -0.1) is 0 Å². The molecule has 2 aromatic rings. The molecular weight excluding hydrogens is 325 g/mol. The van der Waals surface area contributed by atoms with Crippen LogP contribution in [0.25, 0.3) is 11.0 Å². The molecule has 2 aliphatic heterocycles. The highest BCUT2D eigenvalue weighted by Gasteiger charge is 2.52. The van der Waals surface area contributed by atoms with Crippen LogP contribution in [0.1, 0.15) is 53.2 Å². The van der Waals surface area contributed by atoms with Gasteiger partial charge in [-0.2, -0.15) is 0 Å². The lowest BCUT2D eigenvalue weighted by Crippen LogP contribution is -2.41. The summed E-state index contributed by atoms with van der Waals surface area (Å²) in [6.07, 6.45) is 3.57. The molecule has 1 aromatic heterocycles. The Kier molecular flexibility index (Phi) is 4.45. The van der Waals surface area contributed by atoms with Gasteiger partial charge >= 0.3 is 7.12 Å². The third kappa shape index (κ3) is 3.10. The smallest absolute Gasteiger partial charge is 0.461 e. The summed E-state index contributed by atoms with van der Waals surface area (Å²) < 4.78 is 18.6. The van der Waals surface area contributed by atoms with Gasteiger partial charge in [0, 0.05) is 24.4 Å². The molecule has 0 N–H and O–H groups in total. The maximum atomic E-state index is 6.25.